The smallest absolute Gasteiger partial charge is 0.256 e. The number of halogens is 2. The molecule has 0 aliphatic rings. The number of carbonyl (C=O) groups excluding carboxylic acids is 1. The van der Waals surface area contributed by atoms with E-state index in [1.807, 2.05) is 18.2 Å². The van der Waals surface area contributed by atoms with Gasteiger partial charge in [-0.1, -0.05) is 23.7 Å². The fourth-order valence-electron chi connectivity index (χ4n) is 1.53. The number of carbonyl (C=O) groups is 1. The molecule has 0 atom stereocenters. The van der Waals surface area contributed by atoms with E-state index < -0.39 is 0 Å². The van der Waals surface area contributed by atoms with Crippen LogP contribution in [-0.4, -0.2) is 5.91 Å². The minimum absolute atomic E-state index is 0.248. The van der Waals surface area contributed by atoms with Crippen molar-refractivity contribution in [2.75, 3.05) is 5.32 Å². The van der Waals surface area contributed by atoms with Gasteiger partial charge in [0.15, 0.2) is 0 Å². The van der Waals surface area contributed by atoms with Gasteiger partial charge in [-0.3, -0.25) is 4.79 Å². The van der Waals surface area contributed by atoms with Crippen molar-refractivity contribution >= 4 is 45.8 Å². The molecular formula is C14H8ClIN2O. The largest absolute Gasteiger partial charge is 0.321 e. The van der Waals surface area contributed by atoms with Gasteiger partial charge in [-0.25, -0.2) is 0 Å². The van der Waals surface area contributed by atoms with Gasteiger partial charge in [-0.05, 0) is 52.9 Å². The third kappa shape index (κ3) is 3.25. The van der Waals surface area contributed by atoms with E-state index in [-0.39, 0.29) is 5.91 Å². The summed E-state index contributed by atoms with van der Waals surface area (Å²) in [6.07, 6.45) is 0. The quantitative estimate of drug-likeness (QED) is 0.796. The Morgan fingerprint density at radius 1 is 1.26 bits per heavy atom. The molecule has 0 saturated carbocycles. The first-order valence-corrected chi connectivity index (χ1v) is 6.83. The number of nitriles is 1. The average molecular weight is 383 g/mol. The summed E-state index contributed by atoms with van der Waals surface area (Å²) in [5.41, 5.74) is 1.45. The number of hydrogen-bond donors (Lipinski definition) is 1. The lowest BCUT2D eigenvalue weighted by atomic mass is 10.2. The van der Waals surface area contributed by atoms with E-state index in [0.29, 0.717) is 21.8 Å². The van der Waals surface area contributed by atoms with Crippen molar-refractivity contribution < 1.29 is 4.79 Å². The monoisotopic (exact) mass is 382 g/mol. The van der Waals surface area contributed by atoms with Gasteiger partial charge in [0.25, 0.3) is 5.91 Å². The highest BCUT2D eigenvalue weighted by atomic mass is 127. The first-order valence-electron chi connectivity index (χ1n) is 5.37. The summed E-state index contributed by atoms with van der Waals surface area (Å²) < 4.78 is 0.852. The Labute approximate surface area is 129 Å². The van der Waals surface area contributed by atoms with Crippen LogP contribution < -0.4 is 5.32 Å². The molecule has 2 aromatic carbocycles. The van der Waals surface area contributed by atoms with Crippen LogP contribution >= 0.6 is 34.2 Å². The molecule has 0 unspecified atom stereocenters. The molecule has 0 fully saturated rings. The number of nitrogens with one attached hydrogen (secondary N) is 1. The average Bonchev–Trinajstić information content (AvgIpc) is 2.41. The third-order valence-corrected chi connectivity index (χ3v) is 3.73. The van der Waals surface area contributed by atoms with Crippen molar-refractivity contribution in [3.63, 3.8) is 0 Å². The molecule has 5 heteroatoms. The van der Waals surface area contributed by atoms with Crippen molar-refractivity contribution in [1.29, 1.82) is 5.26 Å². The van der Waals surface area contributed by atoms with Gasteiger partial charge in [0.1, 0.15) is 0 Å². The van der Waals surface area contributed by atoms with Crippen LogP contribution in [0.2, 0.25) is 5.02 Å². The van der Waals surface area contributed by atoms with Crippen LogP contribution in [0.25, 0.3) is 0 Å². The van der Waals surface area contributed by atoms with Crippen molar-refractivity contribution in [3.8, 4) is 6.07 Å². The Hall–Kier alpha value is -1.58. The van der Waals surface area contributed by atoms with Crippen molar-refractivity contribution in [3.05, 3.63) is 62.2 Å². The Bertz CT molecular complexity index is 679. The van der Waals surface area contributed by atoms with Gasteiger partial charge >= 0.3 is 0 Å². The molecule has 94 valence electrons. The van der Waals surface area contributed by atoms with Crippen molar-refractivity contribution in [2.24, 2.45) is 0 Å². The van der Waals surface area contributed by atoms with Crippen LogP contribution in [0, 0.1) is 14.9 Å². The molecule has 0 saturated heterocycles. The van der Waals surface area contributed by atoms with Gasteiger partial charge in [-0.2, -0.15) is 5.26 Å². The first-order chi connectivity index (χ1) is 9.11. The Morgan fingerprint density at radius 3 is 2.68 bits per heavy atom. The van der Waals surface area contributed by atoms with E-state index in [1.54, 1.807) is 30.3 Å². The fraction of sp³-hybridized carbons (Fsp3) is 0. The fourth-order valence-corrected chi connectivity index (χ4v) is 2.32. The lowest BCUT2D eigenvalue weighted by molar-refractivity contribution is 0.102. The zero-order chi connectivity index (χ0) is 13.8. The minimum atomic E-state index is -0.248. The number of rotatable bonds is 2. The molecule has 0 aliphatic carbocycles. The van der Waals surface area contributed by atoms with E-state index in [1.165, 1.54) is 0 Å². The maximum absolute atomic E-state index is 12.1. The van der Waals surface area contributed by atoms with Crippen molar-refractivity contribution in [2.45, 2.75) is 0 Å². The molecule has 0 radical (unpaired) electrons. The Kier molecular flexibility index (Phi) is 4.40. The molecule has 3 nitrogen and oxygen atoms in total. The van der Waals surface area contributed by atoms with Crippen LogP contribution in [0.3, 0.4) is 0 Å². The second-order valence-corrected chi connectivity index (χ2v) is 5.31. The van der Waals surface area contributed by atoms with E-state index in [2.05, 4.69) is 27.9 Å². The van der Waals surface area contributed by atoms with Gasteiger partial charge in [-0.15, -0.1) is 0 Å². The van der Waals surface area contributed by atoms with Gasteiger partial charge in [0.2, 0.25) is 0 Å². The second-order valence-electron chi connectivity index (χ2n) is 3.74. The van der Waals surface area contributed by atoms with Crippen LogP contribution in [0.15, 0.2) is 42.5 Å². The molecular weight excluding hydrogens is 375 g/mol. The van der Waals surface area contributed by atoms with Gasteiger partial charge < -0.3 is 5.32 Å². The standard InChI is InChI=1S/C14H8ClIN2O/c15-11-6-5-9(8-17)7-13(11)18-14(19)10-3-1-2-4-12(10)16/h1-7H,(H,18,19). The molecule has 1 N–H and O–H groups in total. The van der Waals surface area contributed by atoms with Crippen LogP contribution in [0.1, 0.15) is 15.9 Å². The first kappa shape index (κ1) is 13.8. The lowest BCUT2D eigenvalue weighted by Crippen LogP contribution is -2.13. The SMILES string of the molecule is N#Cc1ccc(Cl)c(NC(=O)c2ccccc2I)c1. The minimum Gasteiger partial charge on any atom is -0.321 e. The molecule has 0 aliphatic heterocycles. The van der Waals surface area contributed by atoms with E-state index in [0.717, 1.165) is 3.57 Å². The van der Waals surface area contributed by atoms with Gasteiger partial charge in [0, 0.05) is 3.57 Å². The third-order valence-electron chi connectivity index (χ3n) is 2.46. The highest BCUT2D eigenvalue weighted by Crippen LogP contribution is 2.24. The molecule has 0 aromatic heterocycles. The highest BCUT2D eigenvalue weighted by Gasteiger charge is 2.11. The molecule has 0 heterocycles. The summed E-state index contributed by atoms with van der Waals surface area (Å²) in [6, 6.07) is 14.0. The van der Waals surface area contributed by atoms with Crippen LogP contribution in [0.5, 0.6) is 0 Å². The normalized spacial score (nSPS) is 9.74. The summed E-state index contributed by atoms with van der Waals surface area (Å²) in [5, 5.41) is 12.0. The zero-order valence-electron chi connectivity index (χ0n) is 9.65. The number of amides is 1. The lowest BCUT2D eigenvalue weighted by Gasteiger charge is -2.08. The Balaban J connectivity index is 2.30. The second kappa shape index (κ2) is 6.04. The molecule has 19 heavy (non-hydrogen) atoms. The number of nitrogens with zero attached hydrogens (tertiary/aromatic N) is 1. The molecule has 2 aromatic rings. The van der Waals surface area contributed by atoms with E-state index >= 15 is 0 Å². The number of hydrogen-bond acceptors (Lipinski definition) is 2. The maximum atomic E-state index is 12.1. The summed E-state index contributed by atoms with van der Waals surface area (Å²) in [6.45, 7) is 0. The number of benzene rings is 2. The summed E-state index contributed by atoms with van der Waals surface area (Å²) in [4.78, 5) is 12.1. The highest BCUT2D eigenvalue weighted by molar-refractivity contribution is 14.1. The van der Waals surface area contributed by atoms with Crippen molar-refractivity contribution in [1.82, 2.24) is 0 Å². The van der Waals surface area contributed by atoms with Gasteiger partial charge in [0.05, 0.1) is 27.9 Å². The van der Waals surface area contributed by atoms with E-state index in [4.69, 9.17) is 16.9 Å². The predicted octanol–water partition coefficient (Wildman–Crippen LogP) is 4.07. The molecule has 0 spiro atoms. The van der Waals surface area contributed by atoms with Crippen LogP contribution in [0.4, 0.5) is 5.69 Å². The zero-order valence-corrected chi connectivity index (χ0v) is 12.6. The molecule has 1 amide bonds. The molecule has 0 bridgehead atoms. The topological polar surface area (TPSA) is 52.9 Å². The number of anilines is 1. The van der Waals surface area contributed by atoms with Crippen LogP contribution in [-0.2, 0) is 0 Å². The van der Waals surface area contributed by atoms with E-state index in [9.17, 15) is 4.79 Å². The summed E-state index contributed by atoms with van der Waals surface area (Å²) >= 11 is 8.09. The summed E-state index contributed by atoms with van der Waals surface area (Å²) in [5.74, 6) is -0.248. The molecule has 2 rings (SSSR count). The maximum Gasteiger partial charge on any atom is 0.256 e. The summed E-state index contributed by atoms with van der Waals surface area (Å²) in [7, 11) is 0. The Morgan fingerprint density at radius 2 is 2.00 bits per heavy atom. The predicted molar refractivity (Wildman–Crippen MR) is 83.3 cm³/mol.